The first kappa shape index (κ1) is 22.9. The molecule has 4 rings (SSSR count). The highest BCUT2D eigenvalue weighted by Crippen LogP contribution is 2.32. The number of amides is 3. The fourth-order valence-electron chi connectivity index (χ4n) is 3.66. The summed E-state index contributed by atoms with van der Waals surface area (Å²) in [6.07, 6.45) is 4.71. The van der Waals surface area contributed by atoms with Gasteiger partial charge in [0.1, 0.15) is 31.3 Å². The van der Waals surface area contributed by atoms with Crippen molar-refractivity contribution in [3.63, 3.8) is 0 Å². The van der Waals surface area contributed by atoms with Crippen molar-refractivity contribution in [2.75, 3.05) is 32.8 Å². The van der Waals surface area contributed by atoms with Gasteiger partial charge in [-0.2, -0.15) is 0 Å². The molecule has 2 heterocycles. The van der Waals surface area contributed by atoms with Gasteiger partial charge in [0, 0.05) is 13.1 Å². The minimum Gasteiger partial charge on any atom is -0.490 e. The Hall–Kier alpha value is -3.26. The first-order valence-corrected chi connectivity index (χ1v) is 11.9. The van der Waals surface area contributed by atoms with E-state index in [2.05, 4.69) is 0 Å². The number of thioether (sulfide) groups is 1. The maximum Gasteiger partial charge on any atom is 0.294 e. The molecule has 2 aliphatic rings. The van der Waals surface area contributed by atoms with Gasteiger partial charge < -0.3 is 14.4 Å². The minimum absolute atomic E-state index is 0.170. The molecule has 7 nitrogen and oxygen atoms in total. The first-order chi connectivity index (χ1) is 16.1. The van der Waals surface area contributed by atoms with Gasteiger partial charge in [-0.05, 0) is 66.9 Å². The normalized spacial score (nSPS) is 17.5. The number of hydrogen-bond acceptors (Lipinski definition) is 6. The van der Waals surface area contributed by atoms with Gasteiger partial charge >= 0.3 is 0 Å². The molecular weight excluding hydrogens is 440 g/mol. The van der Waals surface area contributed by atoms with E-state index < -0.39 is 11.1 Å². The van der Waals surface area contributed by atoms with Crippen LogP contribution in [0.3, 0.4) is 0 Å². The number of para-hydroxylation sites is 1. The number of carbonyl (C=O) groups excluding carboxylic acids is 3. The third kappa shape index (κ3) is 6.16. The molecule has 2 aromatic rings. The van der Waals surface area contributed by atoms with Gasteiger partial charge in [0.05, 0.1) is 4.91 Å². The fourth-order valence-corrected chi connectivity index (χ4v) is 4.50. The highest BCUT2D eigenvalue weighted by Gasteiger charge is 2.37. The summed E-state index contributed by atoms with van der Waals surface area (Å²) in [4.78, 5) is 40.6. The number of likely N-dealkylation sites (tertiary alicyclic amines) is 1. The quantitative estimate of drug-likeness (QED) is 0.429. The largest absolute Gasteiger partial charge is 0.490 e. The summed E-state index contributed by atoms with van der Waals surface area (Å²) in [6, 6.07) is 16.8. The minimum atomic E-state index is -0.422. The summed E-state index contributed by atoms with van der Waals surface area (Å²) >= 11 is 0.864. The van der Waals surface area contributed by atoms with E-state index in [-0.39, 0.29) is 12.5 Å². The summed E-state index contributed by atoms with van der Waals surface area (Å²) in [5, 5.41) is -0.407. The Morgan fingerprint density at radius 1 is 0.879 bits per heavy atom. The standard InChI is InChI=1S/C25H26N2O5S/c28-23(26-13-5-2-6-14-26)18-27-24(29)22(33-25(27)30)17-19-9-11-21(12-10-19)32-16-15-31-20-7-3-1-4-8-20/h1,3-4,7-12,17H,2,5-6,13-16,18H2/b22-17+. The molecule has 0 radical (unpaired) electrons. The van der Waals surface area contributed by atoms with Crippen molar-refractivity contribution < 1.29 is 23.9 Å². The van der Waals surface area contributed by atoms with Crippen LogP contribution < -0.4 is 9.47 Å². The van der Waals surface area contributed by atoms with Crippen LogP contribution in [0.25, 0.3) is 6.08 Å². The van der Waals surface area contributed by atoms with Crippen LogP contribution in [0.4, 0.5) is 4.79 Å². The van der Waals surface area contributed by atoms with E-state index in [0.717, 1.165) is 47.2 Å². The Morgan fingerprint density at radius 2 is 1.52 bits per heavy atom. The molecule has 0 atom stereocenters. The average molecular weight is 467 g/mol. The molecule has 0 unspecified atom stereocenters. The maximum atomic E-state index is 12.7. The number of nitrogens with zero attached hydrogens (tertiary/aromatic N) is 2. The van der Waals surface area contributed by atoms with E-state index >= 15 is 0 Å². The van der Waals surface area contributed by atoms with Crippen LogP contribution in [-0.2, 0) is 9.59 Å². The summed E-state index contributed by atoms with van der Waals surface area (Å²) < 4.78 is 11.3. The molecule has 2 aromatic carbocycles. The Labute approximate surface area is 197 Å². The first-order valence-electron chi connectivity index (χ1n) is 11.0. The number of carbonyl (C=O) groups is 3. The molecule has 0 N–H and O–H groups in total. The van der Waals surface area contributed by atoms with Crippen molar-refractivity contribution in [1.82, 2.24) is 9.80 Å². The second kappa shape index (κ2) is 11.0. The van der Waals surface area contributed by atoms with Gasteiger partial charge in [-0.25, -0.2) is 0 Å². The molecule has 0 saturated carbocycles. The smallest absolute Gasteiger partial charge is 0.294 e. The van der Waals surface area contributed by atoms with Crippen molar-refractivity contribution in [3.8, 4) is 11.5 Å². The number of hydrogen-bond donors (Lipinski definition) is 0. The Bertz CT molecular complexity index is 1020. The summed E-state index contributed by atoms with van der Waals surface area (Å²) in [5.41, 5.74) is 0.774. The molecule has 172 valence electrons. The maximum absolute atomic E-state index is 12.7. The molecule has 8 heteroatoms. The zero-order valence-electron chi connectivity index (χ0n) is 18.3. The topological polar surface area (TPSA) is 76.1 Å². The molecule has 2 aliphatic heterocycles. The van der Waals surface area contributed by atoms with Crippen molar-refractivity contribution >= 4 is 34.9 Å². The van der Waals surface area contributed by atoms with Gasteiger partial charge in [-0.1, -0.05) is 30.3 Å². The van der Waals surface area contributed by atoms with E-state index in [1.54, 1.807) is 23.1 Å². The molecule has 2 saturated heterocycles. The third-order valence-electron chi connectivity index (χ3n) is 5.42. The van der Waals surface area contributed by atoms with Crippen molar-refractivity contribution in [3.05, 3.63) is 65.1 Å². The van der Waals surface area contributed by atoms with Crippen molar-refractivity contribution in [2.24, 2.45) is 0 Å². The predicted octanol–water partition coefficient (Wildman–Crippen LogP) is 4.19. The van der Waals surface area contributed by atoms with Crippen LogP contribution in [-0.4, -0.2) is 59.7 Å². The molecule has 3 amide bonds. The Morgan fingerprint density at radius 3 is 2.18 bits per heavy atom. The SMILES string of the molecule is O=C(CN1C(=O)S/C(=C/c2ccc(OCCOc3ccccc3)cc2)C1=O)N1CCCCC1. The van der Waals surface area contributed by atoms with Crippen LogP contribution in [0.15, 0.2) is 59.5 Å². The molecule has 0 spiro atoms. The predicted molar refractivity (Wildman–Crippen MR) is 127 cm³/mol. The molecule has 0 aliphatic carbocycles. The lowest BCUT2D eigenvalue weighted by molar-refractivity contribution is -0.136. The van der Waals surface area contributed by atoms with Crippen LogP contribution in [0.1, 0.15) is 24.8 Å². The third-order valence-corrected chi connectivity index (χ3v) is 6.32. The van der Waals surface area contributed by atoms with E-state index in [1.807, 2.05) is 42.5 Å². The fraction of sp³-hybridized carbons (Fsp3) is 0.320. The lowest BCUT2D eigenvalue weighted by Crippen LogP contribution is -2.44. The van der Waals surface area contributed by atoms with Crippen LogP contribution >= 0.6 is 11.8 Å². The van der Waals surface area contributed by atoms with Gasteiger partial charge in [-0.15, -0.1) is 0 Å². The van der Waals surface area contributed by atoms with Gasteiger partial charge in [-0.3, -0.25) is 19.3 Å². The lowest BCUT2D eigenvalue weighted by atomic mass is 10.1. The van der Waals surface area contributed by atoms with E-state index in [0.29, 0.717) is 37.0 Å². The molecule has 2 fully saturated rings. The molecule has 0 bridgehead atoms. The Balaban J connectivity index is 1.28. The van der Waals surface area contributed by atoms with E-state index in [1.165, 1.54) is 0 Å². The van der Waals surface area contributed by atoms with Gasteiger partial charge in [0.2, 0.25) is 5.91 Å². The molecule has 0 aromatic heterocycles. The van der Waals surface area contributed by atoms with E-state index in [4.69, 9.17) is 9.47 Å². The highest BCUT2D eigenvalue weighted by molar-refractivity contribution is 8.18. The number of rotatable bonds is 8. The number of imide groups is 1. The zero-order chi connectivity index (χ0) is 23.0. The van der Waals surface area contributed by atoms with Gasteiger partial charge in [0.15, 0.2) is 0 Å². The van der Waals surface area contributed by atoms with Crippen LogP contribution in [0.2, 0.25) is 0 Å². The summed E-state index contributed by atoms with van der Waals surface area (Å²) in [6.45, 7) is 2.02. The number of ether oxygens (including phenoxy) is 2. The van der Waals surface area contributed by atoms with E-state index in [9.17, 15) is 14.4 Å². The highest BCUT2D eigenvalue weighted by atomic mass is 32.2. The number of benzene rings is 2. The monoisotopic (exact) mass is 466 g/mol. The molecule has 33 heavy (non-hydrogen) atoms. The summed E-state index contributed by atoms with van der Waals surface area (Å²) in [7, 11) is 0. The van der Waals surface area contributed by atoms with Crippen molar-refractivity contribution in [2.45, 2.75) is 19.3 Å². The number of piperidine rings is 1. The van der Waals surface area contributed by atoms with Gasteiger partial charge in [0.25, 0.3) is 11.1 Å². The average Bonchev–Trinajstić information content (AvgIpc) is 3.11. The van der Waals surface area contributed by atoms with Crippen LogP contribution in [0, 0.1) is 0 Å². The zero-order valence-corrected chi connectivity index (χ0v) is 19.1. The van der Waals surface area contributed by atoms with Crippen molar-refractivity contribution in [1.29, 1.82) is 0 Å². The summed E-state index contributed by atoms with van der Waals surface area (Å²) in [5.74, 6) is 0.886. The lowest BCUT2D eigenvalue weighted by Gasteiger charge is -2.27. The second-order valence-electron chi connectivity index (χ2n) is 7.79. The Kier molecular flexibility index (Phi) is 7.67. The molecular formula is C25H26N2O5S. The second-order valence-corrected chi connectivity index (χ2v) is 8.78. The van der Waals surface area contributed by atoms with Crippen LogP contribution in [0.5, 0.6) is 11.5 Å².